The van der Waals surface area contributed by atoms with E-state index in [-0.39, 0.29) is 11.9 Å². The molecule has 7 nitrogen and oxygen atoms in total. The number of nitrogens with one attached hydrogen (secondary N) is 1. The maximum atomic E-state index is 12.1. The Morgan fingerprint density at radius 1 is 1.22 bits per heavy atom. The molecule has 1 N–H and O–H groups in total. The Labute approximate surface area is 158 Å². The summed E-state index contributed by atoms with van der Waals surface area (Å²) >= 11 is 0. The summed E-state index contributed by atoms with van der Waals surface area (Å²) in [5.74, 6) is 0.548. The molecule has 1 heterocycles. The fourth-order valence-electron chi connectivity index (χ4n) is 3.06. The second kappa shape index (κ2) is 7.40. The van der Waals surface area contributed by atoms with Crippen LogP contribution >= 0.6 is 0 Å². The van der Waals surface area contributed by atoms with Crippen molar-refractivity contribution < 1.29 is 17.9 Å². The minimum atomic E-state index is -3.37. The lowest BCUT2D eigenvalue weighted by Gasteiger charge is -2.20. The topological polar surface area (TPSA) is 88.1 Å². The van der Waals surface area contributed by atoms with Crippen molar-refractivity contribution in [1.29, 1.82) is 0 Å². The van der Waals surface area contributed by atoms with Gasteiger partial charge in [-0.3, -0.25) is 9.52 Å². The zero-order valence-electron chi connectivity index (χ0n) is 15.3. The van der Waals surface area contributed by atoms with Crippen molar-refractivity contribution in [2.75, 3.05) is 18.1 Å². The third-order valence-corrected chi connectivity index (χ3v) is 4.82. The van der Waals surface area contributed by atoms with Crippen molar-refractivity contribution in [2.45, 2.75) is 19.4 Å². The maximum Gasteiger partial charge on any atom is 0.240 e. The predicted molar refractivity (Wildman–Crippen MR) is 104 cm³/mol. The molecule has 0 bridgehead atoms. The summed E-state index contributed by atoms with van der Waals surface area (Å²) in [6.07, 6.45) is 1.62. The molecule has 8 heteroatoms. The number of hydrogen-bond donors (Lipinski definition) is 1. The summed E-state index contributed by atoms with van der Waals surface area (Å²) in [6.45, 7) is 1.47. The van der Waals surface area contributed by atoms with Gasteiger partial charge < -0.3 is 4.74 Å². The van der Waals surface area contributed by atoms with Gasteiger partial charge in [0.05, 0.1) is 25.1 Å². The van der Waals surface area contributed by atoms with Gasteiger partial charge in [-0.15, -0.1) is 0 Å². The number of hydrogen-bond acceptors (Lipinski definition) is 5. The Bertz CT molecular complexity index is 1000. The van der Waals surface area contributed by atoms with E-state index in [1.807, 2.05) is 30.3 Å². The lowest BCUT2D eigenvalue weighted by atomic mass is 9.98. The molecule has 0 aliphatic carbocycles. The molecule has 1 aliphatic rings. The van der Waals surface area contributed by atoms with Crippen LogP contribution in [0.3, 0.4) is 0 Å². The van der Waals surface area contributed by atoms with Crippen molar-refractivity contribution in [3.05, 3.63) is 59.7 Å². The predicted octanol–water partition coefficient (Wildman–Crippen LogP) is 2.76. The first-order valence-electron chi connectivity index (χ1n) is 8.36. The van der Waals surface area contributed by atoms with Crippen LogP contribution in [0.1, 0.15) is 30.5 Å². The zero-order valence-corrected chi connectivity index (χ0v) is 16.2. The quantitative estimate of drug-likeness (QED) is 0.854. The molecule has 2 aromatic rings. The summed E-state index contributed by atoms with van der Waals surface area (Å²) in [6, 6.07) is 14.3. The molecule has 27 heavy (non-hydrogen) atoms. The number of nitrogens with zero attached hydrogens (tertiary/aromatic N) is 2. The third kappa shape index (κ3) is 4.46. The van der Waals surface area contributed by atoms with Gasteiger partial charge in [0, 0.05) is 19.0 Å². The molecule has 0 radical (unpaired) electrons. The number of hydrazone groups is 1. The molecule has 0 fully saturated rings. The van der Waals surface area contributed by atoms with Crippen LogP contribution in [0, 0.1) is 0 Å². The molecular weight excluding hydrogens is 366 g/mol. The fourth-order valence-corrected chi connectivity index (χ4v) is 3.61. The Morgan fingerprint density at radius 3 is 2.63 bits per heavy atom. The Hall–Kier alpha value is -2.87. The second-order valence-electron chi connectivity index (χ2n) is 6.36. The van der Waals surface area contributed by atoms with E-state index in [1.165, 1.54) is 11.9 Å². The highest BCUT2D eigenvalue weighted by Gasteiger charge is 2.31. The van der Waals surface area contributed by atoms with E-state index in [1.54, 1.807) is 25.3 Å². The molecule has 0 spiro atoms. The fraction of sp³-hybridized carbons (Fsp3) is 0.263. The monoisotopic (exact) mass is 387 g/mol. The Morgan fingerprint density at radius 2 is 1.96 bits per heavy atom. The average Bonchev–Trinajstić information content (AvgIpc) is 3.06. The van der Waals surface area contributed by atoms with E-state index in [0.29, 0.717) is 17.9 Å². The van der Waals surface area contributed by atoms with E-state index in [2.05, 4.69) is 9.82 Å². The zero-order chi connectivity index (χ0) is 19.6. The van der Waals surface area contributed by atoms with Crippen LogP contribution in [0.4, 0.5) is 5.69 Å². The van der Waals surface area contributed by atoms with E-state index < -0.39 is 10.0 Å². The number of benzene rings is 2. The molecule has 2 aromatic carbocycles. The number of carbonyl (C=O) groups excluding carboxylic acids is 1. The van der Waals surface area contributed by atoms with Crippen molar-refractivity contribution >= 4 is 27.3 Å². The summed E-state index contributed by atoms with van der Waals surface area (Å²) < 4.78 is 30.7. The molecule has 1 aliphatic heterocycles. The van der Waals surface area contributed by atoms with Crippen LogP contribution in [0.5, 0.6) is 5.75 Å². The lowest BCUT2D eigenvalue weighted by molar-refractivity contribution is -0.130. The number of ether oxygens (including phenoxy) is 1. The van der Waals surface area contributed by atoms with E-state index >= 15 is 0 Å². The van der Waals surface area contributed by atoms with Crippen LogP contribution < -0.4 is 9.46 Å². The number of carbonyl (C=O) groups is 1. The first kappa shape index (κ1) is 18.9. The standard InChI is InChI=1S/C19H21N3O4S/c1-13(23)22-19(15-7-5-9-17(11-15)26-2)12-18(20-22)14-6-4-8-16(10-14)21-27(3,24)25/h4-11,19,21H,12H2,1-3H3. The highest BCUT2D eigenvalue weighted by molar-refractivity contribution is 7.92. The summed E-state index contributed by atoms with van der Waals surface area (Å²) in [7, 11) is -1.78. The third-order valence-electron chi connectivity index (χ3n) is 4.21. The second-order valence-corrected chi connectivity index (χ2v) is 8.11. The van der Waals surface area contributed by atoms with Crippen molar-refractivity contribution in [3.8, 4) is 5.75 Å². The molecule has 0 aromatic heterocycles. The molecular formula is C19H21N3O4S. The van der Waals surface area contributed by atoms with Gasteiger partial charge in [0.2, 0.25) is 15.9 Å². The Kier molecular flexibility index (Phi) is 5.18. The van der Waals surface area contributed by atoms with Gasteiger partial charge in [-0.1, -0.05) is 24.3 Å². The van der Waals surface area contributed by atoms with Crippen LogP contribution in [0.2, 0.25) is 0 Å². The van der Waals surface area contributed by atoms with Gasteiger partial charge in [-0.25, -0.2) is 13.4 Å². The van der Waals surface area contributed by atoms with E-state index in [0.717, 1.165) is 23.1 Å². The molecule has 1 atom stereocenters. The van der Waals surface area contributed by atoms with Crippen LogP contribution in [-0.2, 0) is 14.8 Å². The van der Waals surface area contributed by atoms with Gasteiger partial charge in [0.1, 0.15) is 5.75 Å². The van der Waals surface area contributed by atoms with Crippen molar-refractivity contribution in [1.82, 2.24) is 5.01 Å². The normalized spacial score (nSPS) is 16.8. The molecule has 3 rings (SSSR count). The first-order valence-corrected chi connectivity index (χ1v) is 10.3. The molecule has 1 amide bonds. The van der Waals surface area contributed by atoms with Gasteiger partial charge >= 0.3 is 0 Å². The van der Waals surface area contributed by atoms with Crippen LogP contribution in [0.25, 0.3) is 0 Å². The highest BCUT2D eigenvalue weighted by atomic mass is 32.2. The van der Waals surface area contributed by atoms with Crippen LogP contribution in [0.15, 0.2) is 53.6 Å². The number of amides is 1. The molecule has 1 unspecified atom stereocenters. The van der Waals surface area contributed by atoms with E-state index in [9.17, 15) is 13.2 Å². The van der Waals surface area contributed by atoms with Gasteiger partial charge in [-0.2, -0.15) is 5.10 Å². The summed E-state index contributed by atoms with van der Waals surface area (Å²) in [5.41, 5.74) is 2.86. The minimum absolute atomic E-state index is 0.164. The molecule has 142 valence electrons. The molecule has 0 saturated heterocycles. The summed E-state index contributed by atoms with van der Waals surface area (Å²) in [4.78, 5) is 12.1. The number of rotatable bonds is 5. The number of methoxy groups -OCH3 is 1. The first-order chi connectivity index (χ1) is 12.8. The van der Waals surface area contributed by atoms with Gasteiger partial charge in [-0.05, 0) is 35.4 Å². The van der Waals surface area contributed by atoms with Crippen LogP contribution in [-0.4, -0.2) is 38.4 Å². The number of anilines is 1. The lowest BCUT2D eigenvalue weighted by Crippen LogP contribution is -2.24. The largest absolute Gasteiger partial charge is 0.497 e. The smallest absolute Gasteiger partial charge is 0.240 e. The van der Waals surface area contributed by atoms with Gasteiger partial charge in [0.25, 0.3) is 0 Å². The number of sulfonamides is 1. The average molecular weight is 387 g/mol. The SMILES string of the molecule is COc1cccc(C2CC(c3cccc(NS(C)(=O)=O)c3)=NN2C(C)=O)c1. The van der Waals surface area contributed by atoms with E-state index in [4.69, 9.17) is 4.74 Å². The Balaban J connectivity index is 1.92. The maximum absolute atomic E-state index is 12.1. The van der Waals surface area contributed by atoms with Crippen molar-refractivity contribution in [2.24, 2.45) is 5.10 Å². The highest BCUT2D eigenvalue weighted by Crippen LogP contribution is 2.34. The molecule has 0 saturated carbocycles. The minimum Gasteiger partial charge on any atom is -0.497 e. The van der Waals surface area contributed by atoms with Gasteiger partial charge in [0.15, 0.2) is 0 Å². The summed E-state index contributed by atoms with van der Waals surface area (Å²) in [5, 5.41) is 5.95. The van der Waals surface area contributed by atoms with Crippen molar-refractivity contribution in [3.63, 3.8) is 0 Å².